The summed E-state index contributed by atoms with van der Waals surface area (Å²) < 4.78 is 0. The summed E-state index contributed by atoms with van der Waals surface area (Å²) in [4.78, 5) is 4.74. The lowest BCUT2D eigenvalue weighted by molar-refractivity contribution is 0.611. The fraction of sp³-hybridized carbons (Fsp3) is 0.316. The summed E-state index contributed by atoms with van der Waals surface area (Å²) in [6.07, 6.45) is 6.13. The molecule has 2 nitrogen and oxygen atoms in total. The van der Waals surface area contributed by atoms with E-state index in [1.54, 1.807) is 0 Å². The Hall–Kier alpha value is -1.64. The van der Waals surface area contributed by atoms with Crippen LogP contribution < -0.4 is 5.32 Å². The first-order chi connectivity index (χ1) is 10.8. The molecule has 1 fully saturated rings. The van der Waals surface area contributed by atoms with Crippen LogP contribution in [0.4, 0.5) is 0 Å². The minimum Gasteiger partial charge on any atom is -0.316 e. The van der Waals surface area contributed by atoms with Gasteiger partial charge in [-0.3, -0.25) is 4.98 Å². The quantitative estimate of drug-likeness (QED) is 0.795. The molecule has 0 spiro atoms. The minimum atomic E-state index is 0.858. The van der Waals surface area contributed by atoms with Gasteiger partial charge < -0.3 is 5.32 Å². The van der Waals surface area contributed by atoms with Crippen LogP contribution in [0, 0.1) is 0 Å². The van der Waals surface area contributed by atoms with Crippen LogP contribution in [-0.2, 0) is 12.8 Å². The zero-order chi connectivity index (χ0) is 14.9. The third-order valence-corrected chi connectivity index (χ3v) is 5.02. The van der Waals surface area contributed by atoms with Crippen molar-refractivity contribution in [2.75, 3.05) is 13.1 Å². The van der Waals surface area contributed by atoms with Crippen LogP contribution in [0.5, 0.6) is 0 Å². The van der Waals surface area contributed by atoms with Gasteiger partial charge in [0.05, 0.1) is 5.69 Å². The number of benzene rings is 1. The second kappa shape index (κ2) is 5.86. The third kappa shape index (κ3) is 2.37. The lowest BCUT2D eigenvalue weighted by atomic mass is 9.89. The molecule has 3 heteroatoms. The van der Waals surface area contributed by atoms with Gasteiger partial charge in [0.2, 0.25) is 0 Å². The zero-order valence-corrected chi connectivity index (χ0v) is 13.3. The van der Waals surface area contributed by atoms with Gasteiger partial charge in [-0.15, -0.1) is 0 Å². The number of nitrogens with one attached hydrogen (secondary N) is 1. The molecule has 1 saturated heterocycles. The topological polar surface area (TPSA) is 24.9 Å². The molecule has 4 rings (SSSR count). The van der Waals surface area contributed by atoms with E-state index in [-0.39, 0.29) is 0 Å². The first kappa shape index (κ1) is 14.0. The van der Waals surface area contributed by atoms with E-state index in [1.165, 1.54) is 27.8 Å². The van der Waals surface area contributed by atoms with Crippen LogP contribution in [0.1, 0.15) is 35.2 Å². The molecular formula is C19H19ClN2. The molecule has 0 radical (unpaired) electrons. The first-order valence-corrected chi connectivity index (χ1v) is 8.37. The van der Waals surface area contributed by atoms with Crippen LogP contribution in [0.2, 0.25) is 5.02 Å². The maximum atomic E-state index is 6.62. The highest BCUT2D eigenvalue weighted by atomic mass is 35.5. The monoisotopic (exact) mass is 310 g/mol. The van der Waals surface area contributed by atoms with Gasteiger partial charge in [0.25, 0.3) is 0 Å². The number of aryl methyl sites for hydroxylation is 2. The summed E-state index contributed by atoms with van der Waals surface area (Å²) >= 11 is 6.62. The Labute approximate surface area is 136 Å². The molecule has 1 aromatic carbocycles. The standard InChI is InChI=1S/C19H19ClN2/c20-16-5-1-3-13-6-7-15-4-2-10-22-19(15)18(17(13)16)14-8-11-21-12-9-14/h1-5,10,21H,6-9,11-12H2. The normalized spacial score (nSPS) is 17.7. The van der Waals surface area contributed by atoms with Gasteiger partial charge in [-0.25, -0.2) is 0 Å². The summed E-state index contributed by atoms with van der Waals surface area (Å²) in [5, 5.41) is 4.30. The second-order valence-electron chi connectivity index (χ2n) is 6.01. The number of aromatic nitrogens is 1. The van der Waals surface area contributed by atoms with Crippen molar-refractivity contribution >= 4 is 17.2 Å². The number of hydrogen-bond donors (Lipinski definition) is 1. The Morgan fingerprint density at radius 2 is 1.68 bits per heavy atom. The van der Waals surface area contributed by atoms with Crippen LogP contribution in [-0.4, -0.2) is 18.1 Å². The Kier molecular flexibility index (Phi) is 3.73. The number of fused-ring (bicyclic) bond motifs is 2. The summed E-state index contributed by atoms with van der Waals surface area (Å²) in [6.45, 7) is 2.08. The molecule has 2 aliphatic rings. The van der Waals surface area contributed by atoms with Crippen molar-refractivity contribution in [1.82, 2.24) is 10.3 Å². The number of piperidine rings is 1. The number of pyridine rings is 1. The lowest BCUT2D eigenvalue weighted by Gasteiger charge is -2.22. The molecule has 2 heterocycles. The van der Waals surface area contributed by atoms with Crippen molar-refractivity contribution in [2.24, 2.45) is 0 Å². The zero-order valence-electron chi connectivity index (χ0n) is 12.5. The summed E-state index contributed by atoms with van der Waals surface area (Å²) in [6, 6.07) is 10.5. The van der Waals surface area contributed by atoms with Gasteiger partial charge >= 0.3 is 0 Å². The average molecular weight is 311 g/mol. The molecule has 0 amide bonds. The van der Waals surface area contributed by atoms with Crippen molar-refractivity contribution < 1.29 is 0 Å². The van der Waals surface area contributed by atoms with Gasteiger partial charge in [-0.2, -0.15) is 0 Å². The van der Waals surface area contributed by atoms with Gasteiger partial charge in [0.15, 0.2) is 0 Å². The molecule has 1 aliphatic heterocycles. The highest BCUT2D eigenvalue weighted by Gasteiger charge is 2.24. The van der Waals surface area contributed by atoms with E-state index in [2.05, 4.69) is 23.5 Å². The molecule has 0 saturated carbocycles. The fourth-order valence-electron chi connectivity index (χ4n) is 3.63. The molecule has 2 aromatic rings. The molecule has 0 atom stereocenters. The van der Waals surface area contributed by atoms with Gasteiger partial charge in [-0.1, -0.05) is 35.4 Å². The molecule has 0 bridgehead atoms. The summed E-state index contributed by atoms with van der Waals surface area (Å²) in [5.41, 5.74) is 7.86. The van der Waals surface area contributed by atoms with E-state index in [0.29, 0.717) is 0 Å². The van der Waals surface area contributed by atoms with Crippen LogP contribution in [0.25, 0.3) is 5.57 Å². The van der Waals surface area contributed by atoms with E-state index < -0.39 is 0 Å². The number of halogens is 1. The van der Waals surface area contributed by atoms with Gasteiger partial charge in [-0.05, 0) is 62.0 Å². The Morgan fingerprint density at radius 3 is 2.55 bits per heavy atom. The van der Waals surface area contributed by atoms with Crippen LogP contribution >= 0.6 is 11.6 Å². The van der Waals surface area contributed by atoms with Crippen LogP contribution in [0.15, 0.2) is 42.1 Å². The van der Waals surface area contributed by atoms with Crippen molar-refractivity contribution in [3.05, 3.63) is 69.5 Å². The van der Waals surface area contributed by atoms with E-state index in [1.807, 2.05) is 18.3 Å². The number of nitrogens with zero attached hydrogens (tertiary/aromatic N) is 1. The number of hydrogen-bond acceptors (Lipinski definition) is 2. The largest absolute Gasteiger partial charge is 0.316 e. The predicted molar refractivity (Wildman–Crippen MR) is 91.2 cm³/mol. The highest BCUT2D eigenvalue weighted by Crippen LogP contribution is 2.40. The van der Waals surface area contributed by atoms with Crippen molar-refractivity contribution in [3.8, 4) is 0 Å². The van der Waals surface area contributed by atoms with E-state index in [4.69, 9.17) is 16.6 Å². The predicted octanol–water partition coefficient (Wildman–Crippen LogP) is 4.02. The maximum Gasteiger partial charge on any atom is 0.0740 e. The number of rotatable bonds is 0. The summed E-state index contributed by atoms with van der Waals surface area (Å²) in [5.74, 6) is 0. The van der Waals surface area contributed by atoms with E-state index in [0.717, 1.165) is 49.5 Å². The Bertz CT molecular complexity index is 741. The lowest BCUT2D eigenvalue weighted by Crippen LogP contribution is -2.24. The van der Waals surface area contributed by atoms with Crippen molar-refractivity contribution in [3.63, 3.8) is 0 Å². The molecule has 22 heavy (non-hydrogen) atoms. The molecule has 1 aromatic heterocycles. The molecule has 1 N–H and O–H groups in total. The van der Waals surface area contributed by atoms with Crippen molar-refractivity contribution in [1.29, 1.82) is 0 Å². The van der Waals surface area contributed by atoms with Gasteiger partial charge in [0.1, 0.15) is 0 Å². The minimum absolute atomic E-state index is 0.858. The molecule has 112 valence electrons. The van der Waals surface area contributed by atoms with E-state index >= 15 is 0 Å². The van der Waals surface area contributed by atoms with E-state index in [9.17, 15) is 0 Å². The molecule has 0 unspecified atom stereocenters. The third-order valence-electron chi connectivity index (χ3n) is 4.70. The highest BCUT2D eigenvalue weighted by molar-refractivity contribution is 6.32. The molecule has 1 aliphatic carbocycles. The van der Waals surface area contributed by atoms with Gasteiger partial charge in [0, 0.05) is 22.4 Å². The van der Waals surface area contributed by atoms with Crippen molar-refractivity contribution in [2.45, 2.75) is 25.7 Å². The Balaban J connectivity index is 2.02. The summed E-state index contributed by atoms with van der Waals surface area (Å²) in [7, 11) is 0. The Morgan fingerprint density at radius 1 is 0.909 bits per heavy atom. The molecular weight excluding hydrogens is 292 g/mol. The smallest absolute Gasteiger partial charge is 0.0740 e. The average Bonchev–Trinajstić information content (AvgIpc) is 2.74. The second-order valence-corrected chi connectivity index (χ2v) is 6.42. The fourth-order valence-corrected chi connectivity index (χ4v) is 3.92. The SMILES string of the molecule is Clc1cccc2c1C(=C1CCNCC1)c1ncccc1CC2. The maximum absolute atomic E-state index is 6.62. The van der Waals surface area contributed by atoms with Crippen LogP contribution in [0.3, 0.4) is 0 Å². The first-order valence-electron chi connectivity index (χ1n) is 7.99.